The zero-order valence-electron chi connectivity index (χ0n) is 11.6. The summed E-state index contributed by atoms with van der Waals surface area (Å²) in [5.74, 6) is 2.64. The van der Waals surface area contributed by atoms with Crippen LogP contribution in [0.25, 0.3) is 0 Å². The van der Waals surface area contributed by atoms with Crippen LogP contribution < -0.4 is 4.74 Å². The van der Waals surface area contributed by atoms with Crippen molar-refractivity contribution in [1.29, 1.82) is 0 Å². The van der Waals surface area contributed by atoms with E-state index in [9.17, 15) is 0 Å². The number of aryl methyl sites for hydroxylation is 1. The summed E-state index contributed by atoms with van der Waals surface area (Å²) >= 11 is 0. The van der Waals surface area contributed by atoms with Gasteiger partial charge in [0, 0.05) is 0 Å². The highest BCUT2D eigenvalue weighted by molar-refractivity contribution is 5.37. The molecule has 0 amide bonds. The van der Waals surface area contributed by atoms with Gasteiger partial charge in [0.2, 0.25) is 0 Å². The number of rotatable bonds is 5. The maximum Gasteiger partial charge on any atom is 0.146 e. The number of aliphatic hydroxyl groups is 1. The minimum absolute atomic E-state index is 0.0815. The van der Waals surface area contributed by atoms with E-state index in [1.54, 1.807) is 6.07 Å². The Balaban J connectivity index is 2.08. The zero-order chi connectivity index (χ0) is 13.8. The lowest BCUT2D eigenvalue weighted by Gasteiger charge is -2.12. The van der Waals surface area contributed by atoms with Crippen molar-refractivity contribution in [3.05, 3.63) is 53.0 Å². The van der Waals surface area contributed by atoms with E-state index in [0.29, 0.717) is 18.3 Å². The molecule has 2 aromatic rings. The number of furan rings is 1. The van der Waals surface area contributed by atoms with Crippen LogP contribution in [-0.2, 0) is 13.2 Å². The first kappa shape index (κ1) is 13.7. The third-order valence-corrected chi connectivity index (χ3v) is 3.12. The maximum absolute atomic E-state index is 8.94. The summed E-state index contributed by atoms with van der Waals surface area (Å²) in [6.07, 6.45) is 0. The van der Waals surface area contributed by atoms with Gasteiger partial charge in [0.05, 0.1) is 0 Å². The van der Waals surface area contributed by atoms with Crippen LogP contribution >= 0.6 is 0 Å². The second kappa shape index (κ2) is 5.93. The number of benzene rings is 1. The van der Waals surface area contributed by atoms with Crippen LogP contribution in [0.3, 0.4) is 0 Å². The van der Waals surface area contributed by atoms with Gasteiger partial charge in [-0.1, -0.05) is 26.0 Å². The molecule has 1 heterocycles. The van der Waals surface area contributed by atoms with Gasteiger partial charge in [-0.05, 0) is 42.2 Å². The topological polar surface area (TPSA) is 42.6 Å². The molecule has 0 aliphatic heterocycles. The van der Waals surface area contributed by atoms with Gasteiger partial charge in [0.25, 0.3) is 0 Å². The highest BCUT2D eigenvalue weighted by Crippen LogP contribution is 2.25. The molecule has 0 fully saturated rings. The molecule has 1 aromatic carbocycles. The second-order valence-electron chi connectivity index (χ2n) is 4.99. The molecule has 0 aliphatic rings. The van der Waals surface area contributed by atoms with Gasteiger partial charge in [-0.2, -0.15) is 0 Å². The summed E-state index contributed by atoms with van der Waals surface area (Å²) in [7, 11) is 0. The summed E-state index contributed by atoms with van der Waals surface area (Å²) in [4.78, 5) is 0. The van der Waals surface area contributed by atoms with Crippen LogP contribution in [-0.4, -0.2) is 5.11 Å². The summed E-state index contributed by atoms with van der Waals surface area (Å²) in [6.45, 7) is 6.65. The van der Waals surface area contributed by atoms with Crippen molar-refractivity contribution in [3.8, 4) is 5.75 Å². The van der Waals surface area contributed by atoms with Gasteiger partial charge in [0.15, 0.2) is 0 Å². The molecular formula is C16H20O3. The molecule has 2 rings (SSSR count). The maximum atomic E-state index is 8.94. The summed E-state index contributed by atoms with van der Waals surface area (Å²) < 4.78 is 11.2. The number of aliphatic hydroxyl groups excluding tert-OH is 1. The Labute approximate surface area is 113 Å². The molecule has 19 heavy (non-hydrogen) atoms. The van der Waals surface area contributed by atoms with Gasteiger partial charge in [0.1, 0.15) is 30.5 Å². The summed E-state index contributed by atoms with van der Waals surface area (Å²) in [6, 6.07) is 9.87. The van der Waals surface area contributed by atoms with Crippen molar-refractivity contribution in [3.63, 3.8) is 0 Å². The molecule has 0 saturated heterocycles. The van der Waals surface area contributed by atoms with Crippen molar-refractivity contribution in [2.75, 3.05) is 0 Å². The molecule has 1 N–H and O–H groups in total. The molecule has 3 heteroatoms. The average molecular weight is 260 g/mol. The quantitative estimate of drug-likeness (QED) is 0.889. The molecule has 1 aromatic heterocycles. The standard InChI is InChI=1S/C16H20O3/c1-11(2)13-5-4-12(3)16(8-13)18-10-15-7-6-14(9-17)19-15/h4-8,11,17H,9-10H2,1-3H3. The lowest BCUT2D eigenvalue weighted by atomic mass is 10.0. The average Bonchev–Trinajstić information content (AvgIpc) is 2.85. The molecule has 3 nitrogen and oxygen atoms in total. The summed E-state index contributed by atoms with van der Waals surface area (Å²) in [5.41, 5.74) is 2.37. The Morgan fingerprint density at radius 2 is 1.89 bits per heavy atom. The van der Waals surface area contributed by atoms with Gasteiger partial charge in [-0.15, -0.1) is 0 Å². The first-order valence-electron chi connectivity index (χ1n) is 6.52. The molecule has 0 aliphatic carbocycles. The van der Waals surface area contributed by atoms with E-state index >= 15 is 0 Å². The van der Waals surface area contributed by atoms with Crippen molar-refractivity contribution >= 4 is 0 Å². The van der Waals surface area contributed by atoms with E-state index in [4.69, 9.17) is 14.3 Å². The monoisotopic (exact) mass is 260 g/mol. The van der Waals surface area contributed by atoms with Crippen LogP contribution in [0.15, 0.2) is 34.7 Å². The lowest BCUT2D eigenvalue weighted by molar-refractivity contribution is 0.224. The minimum atomic E-state index is -0.0815. The highest BCUT2D eigenvalue weighted by Gasteiger charge is 2.07. The number of ether oxygens (including phenoxy) is 1. The third kappa shape index (κ3) is 3.38. The molecule has 0 saturated carbocycles. The van der Waals surface area contributed by atoms with Crippen LogP contribution in [0.1, 0.15) is 42.4 Å². The fourth-order valence-corrected chi connectivity index (χ4v) is 1.87. The molecule has 0 bridgehead atoms. The Morgan fingerprint density at radius 3 is 2.53 bits per heavy atom. The van der Waals surface area contributed by atoms with E-state index in [1.165, 1.54) is 5.56 Å². The smallest absolute Gasteiger partial charge is 0.146 e. The number of hydrogen-bond acceptors (Lipinski definition) is 3. The Morgan fingerprint density at radius 1 is 1.16 bits per heavy atom. The molecule has 0 radical (unpaired) electrons. The van der Waals surface area contributed by atoms with Crippen molar-refractivity contribution in [1.82, 2.24) is 0 Å². The summed E-state index contributed by atoms with van der Waals surface area (Å²) in [5, 5.41) is 8.94. The normalized spacial score (nSPS) is 11.0. The molecule has 0 spiro atoms. The lowest BCUT2D eigenvalue weighted by Crippen LogP contribution is -1.97. The predicted molar refractivity (Wildman–Crippen MR) is 74.2 cm³/mol. The second-order valence-corrected chi connectivity index (χ2v) is 4.99. The SMILES string of the molecule is Cc1ccc(C(C)C)cc1OCc1ccc(CO)o1. The van der Waals surface area contributed by atoms with Gasteiger partial charge in [-0.25, -0.2) is 0 Å². The highest BCUT2D eigenvalue weighted by atomic mass is 16.5. The van der Waals surface area contributed by atoms with Gasteiger partial charge < -0.3 is 14.3 Å². The zero-order valence-corrected chi connectivity index (χ0v) is 11.6. The van der Waals surface area contributed by atoms with Crippen LogP contribution in [0.4, 0.5) is 0 Å². The van der Waals surface area contributed by atoms with Crippen molar-refractivity contribution in [2.45, 2.75) is 39.9 Å². The molecule has 102 valence electrons. The third-order valence-electron chi connectivity index (χ3n) is 3.12. The Bertz CT molecular complexity index is 541. The van der Waals surface area contributed by atoms with Gasteiger partial charge >= 0.3 is 0 Å². The fourth-order valence-electron chi connectivity index (χ4n) is 1.87. The van der Waals surface area contributed by atoms with E-state index in [0.717, 1.165) is 17.1 Å². The molecule has 0 unspecified atom stereocenters. The molecular weight excluding hydrogens is 240 g/mol. The Kier molecular flexibility index (Phi) is 4.27. The first-order chi connectivity index (χ1) is 9.10. The van der Waals surface area contributed by atoms with Crippen molar-refractivity contribution in [2.24, 2.45) is 0 Å². The predicted octanol–water partition coefficient (Wildman–Crippen LogP) is 3.78. The molecule has 0 atom stereocenters. The van der Waals surface area contributed by atoms with Crippen molar-refractivity contribution < 1.29 is 14.3 Å². The fraction of sp³-hybridized carbons (Fsp3) is 0.375. The minimum Gasteiger partial charge on any atom is -0.485 e. The van der Waals surface area contributed by atoms with E-state index in [-0.39, 0.29) is 6.61 Å². The van der Waals surface area contributed by atoms with Crippen LogP contribution in [0, 0.1) is 6.92 Å². The first-order valence-corrected chi connectivity index (χ1v) is 6.52. The van der Waals surface area contributed by atoms with E-state index in [2.05, 4.69) is 32.0 Å². The van der Waals surface area contributed by atoms with E-state index in [1.807, 2.05) is 13.0 Å². The number of hydrogen-bond donors (Lipinski definition) is 1. The van der Waals surface area contributed by atoms with Crippen LogP contribution in [0.5, 0.6) is 5.75 Å². The van der Waals surface area contributed by atoms with E-state index < -0.39 is 0 Å². The Hall–Kier alpha value is -1.74. The van der Waals surface area contributed by atoms with Crippen LogP contribution in [0.2, 0.25) is 0 Å². The van der Waals surface area contributed by atoms with Gasteiger partial charge in [-0.3, -0.25) is 0 Å². The largest absolute Gasteiger partial charge is 0.485 e.